The molecule has 2 aromatic heterocycles. The minimum absolute atomic E-state index is 0.0493. The summed E-state index contributed by atoms with van der Waals surface area (Å²) in [4.78, 5) is 28.4. The SMILES string of the molecule is Cn1c(=O)c2c(nc(Cl)n2C[C@H](O)c2ccccc2)n(C)c1=O. The zero-order valence-electron chi connectivity index (χ0n) is 12.6. The molecule has 0 aliphatic rings. The Balaban J connectivity index is 2.17. The largest absolute Gasteiger partial charge is 0.387 e. The van der Waals surface area contributed by atoms with Crippen molar-refractivity contribution in [3.8, 4) is 0 Å². The number of hydrogen-bond acceptors (Lipinski definition) is 4. The van der Waals surface area contributed by atoms with Crippen molar-refractivity contribution >= 4 is 22.8 Å². The predicted molar refractivity (Wildman–Crippen MR) is 86.6 cm³/mol. The molecule has 0 aliphatic heterocycles. The number of aryl methyl sites for hydroxylation is 1. The van der Waals surface area contributed by atoms with Crippen LogP contribution < -0.4 is 11.2 Å². The lowest BCUT2D eigenvalue weighted by Gasteiger charge is -2.13. The number of halogens is 1. The van der Waals surface area contributed by atoms with E-state index in [1.165, 1.54) is 23.2 Å². The smallest absolute Gasteiger partial charge is 0.332 e. The zero-order chi connectivity index (χ0) is 16.7. The van der Waals surface area contributed by atoms with E-state index in [1.807, 2.05) is 18.2 Å². The summed E-state index contributed by atoms with van der Waals surface area (Å²) in [5.74, 6) is 0. The molecule has 1 atom stereocenters. The van der Waals surface area contributed by atoms with E-state index in [0.29, 0.717) is 5.56 Å². The molecule has 8 heteroatoms. The molecule has 2 heterocycles. The van der Waals surface area contributed by atoms with Crippen LogP contribution in [0.3, 0.4) is 0 Å². The number of nitrogens with zero attached hydrogens (tertiary/aromatic N) is 4. The number of aliphatic hydroxyl groups is 1. The van der Waals surface area contributed by atoms with Gasteiger partial charge in [-0.25, -0.2) is 4.79 Å². The van der Waals surface area contributed by atoms with Gasteiger partial charge in [0.05, 0.1) is 12.6 Å². The van der Waals surface area contributed by atoms with Gasteiger partial charge in [-0.05, 0) is 17.2 Å². The number of benzene rings is 1. The van der Waals surface area contributed by atoms with E-state index in [-0.39, 0.29) is 23.0 Å². The fraction of sp³-hybridized carbons (Fsp3) is 0.267. The molecule has 1 aromatic carbocycles. The lowest BCUT2D eigenvalue weighted by Crippen LogP contribution is -2.37. The molecule has 0 unspecified atom stereocenters. The van der Waals surface area contributed by atoms with Gasteiger partial charge in [0.25, 0.3) is 5.56 Å². The second-order valence-electron chi connectivity index (χ2n) is 5.30. The van der Waals surface area contributed by atoms with Crippen molar-refractivity contribution in [3.05, 3.63) is 62.0 Å². The Hall–Kier alpha value is -2.38. The van der Waals surface area contributed by atoms with Gasteiger partial charge in [0.2, 0.25) is 5.28 Å². The molecule has 0 spiro atoms. The maximum atomic E-state index is 12.4. The van der Waals surface area contributed by atoms with E-state index in [0.717, 1.165) is 4.57 Å². The van der Waals surface area contributed by atoms with Crippen molar-refractivity contribution in [2.24, 2.45) is 14.1 Å². The molecule has 0 saturated heterocycles. The highest BCUT2D eigenvalue weighted by molar-refractivity contribution is 6.29. The molecule has 23 heavy (non-hydrogen) atoms. The number of hydrogen-bond donors (Lipinski definition) is 1. The summed E-state index contributed by atoms with van der Waals surface area (Å²) in [7, 11) is 2.91. The van der Waals surface area contributed by atoms with Gasteiger partial charge in [-0.3, -0.25) is 13.9 Å². The number of imidazole rings is 1. The van der Waals surface area contributed by atoms with Gasteiger partial charge < -0.3 is 9.67 Å². The molecular formula is C15H15ClN4O3. The van der Waals surface area contributed by atoms with Crippen LogP contribution in [-0.2, 0) is 20.6 Å². The van der Waals surface area contributed by atoms with Crippen LogP contribution in [0.1, 0.15) is 11.7 Å². The van der Waals surface area contributed by atoms with Crippen LogP contribution in [0.15, 0.2) is 39.9 Å². The Bertz CT molecular complexity index is 988. The first-order chi connectivity index (χ1) is 10.9. The molecule has 0 radical (unpaired) electrons. The monoisotopic (exact) mass is 334 g/mol. The quantitative estimate of drug-likeness (QED) is 0.719. The van der Waals surface area contributed by atoms with E-state index in [1.54, 1.807) is 12.1 Å². The molecule has 0 saturated carbocycles. The Labute approximate surface area is 136 Å². The van der Waals surface area contributed by atoms with E-state index < -0.39 is 17.4 Å². The Morgan fingerprint density at radius 2 is 1.83 bits per heavy atom. The van der Waals surface area contributed by atoms with E-state index in [2.05, 4.69) is 4.98 Å². The van der Waals surface area contributed by atoms with Gasteiger partial charge in [-0.15, -0.1) is 0 Å². The average molecular weight is 335 g/mol. The molecule has 3 rings (SSSR count). The van der Waals surface area contributed by atoms with Gasteiger partial charge in [0.1, 0.15) is 0 Å². The van der Waals surface area contributed by atoms with Crippen molar-refractivity contribution in [1.82, 2.24) is 18.7 Å². The van der Waals surface area contributed by atoms with Crippen LogP contribution in [0.2, 0.25) is 5.28 Å². The van der Waals surface area contributed by atoms with Gasteiger partial charge in [0, 0.05) is 14.1 Å². The van der Waals surface area contributed by atoms with Crippen LogP contribution in [0.5, 0.6) is 0 Å². The summed E-state index contributed by atoms with van der Waals surface area (Å²) in [6, 6.07) is 9.04. The van der Waals surface area contributed by atoms with Gasteiger partial charge in [-0.1, -0.05) is 30.3 Å². The lowest BCUT2D eigenvalue weighted by atomic mass is 10.1. The number of rotatable bonds is 3. The minimum atomic E-state index is -0.854. The maximum Gasteiger partial charge on any atom is 0.332 e. The summed E-state index contributed by atoms with van der Waals surface area (Å²) in [5, 5.41) is 10.4. The van der Waals surface area contributed by atoms with Crippen LogP contribution in [0.25, 0.3) is 11.2 Å². The van der Waals surface area contributed by atoms with Crippen molar-refractivity contribution in [3.63, 3.8) is 0 Å². The molecule has 1 N–H and O–H groups in total. The van der Waals surface area contributed by atoms with Crippen LogP contribution in [0, 0.1) is 0 Å². The summed E-state index contributed by atoms with van der Waals surface area (Å²) in [6.45, 7) is 0.0623. The second kappa shape index (κ2) is 5.68. The Morgan fingerprint density at radius 1 is 1.17 bits per heavy atom. The Morgan fingerprint density at radius 3 is 2.48 bits per heavy atom. The number of fused-ring (bicyclic) bond motifs is 1. The van der Waals surface area contributed by atoms with Gasteiger partial charge in [0.15, 0.2) is 11.2 Å². The first kappa shape index (κ1) is 15.5. The van der Waals surface area contributed by atoms with Crippen LogP contribution >= 0.6 is 11.6 Å². The molecule has 3 aromatic rings. The third kappa shape index (κ3) is 2.47. The highest BCUT2D eigenvalue weighted by atomic mass is 35.5. The first-order valence-corrected chi connectivity index (χ1v) is 7.34. The van der Waals surface area contributed by atoms with Gasteiger partial charge in [-0.2, -0.15) is 4.98 Å². The van der Waals surface area contributed by atoms with E-state index in [4.69, 9.17) is 11.6 Å². The van der Waals surface area contributed by atoms with E-state index in [9.17, 15) is 14.7 Å². The maximum absolute atomic E-state index is 12.4. The molecule has 0 amide bonds. The summed E-state index contributed by atoms with van der Waals surface area (Å²) < 4.78 is 3.68. The molecular weight excluding hydrogens is 320 g/mol. The van der Waals surface area contributed by atoms with Crippen LogP contribution in [-0.4, -0.2) is 23.8 Å². The van der Waals surface area contributed by atoms with E-state index >= 15 is 0 Å². The normalized spacial score (nSPS) is 12.7. The average Bonchev–Trinajstić information content (AvgIpc) is 2.88. The summed E-state index contributed by atoms with van der Waals surface area (Å²) in [6.07, 6.45) is -0.854. The second-order valence-corrected chi connectivity index (χ2v) is 5.63. The van der Waals surface area contributed by atoms with Crippen molar-refractivity contribution in [2.45, 2.75) is 12.6 Å². The summed E-state index contributed by atoms with van der Waals surface area (Å²) >= 11 is 6.13. The molecule has 0 aliphatic carbocycles. The molecule has 7 nitrogen and oxygen atoms in total. The molecule has 0 bridgehead atoms. The first-order valence-electron chi connectivity index (χ1n) is 6.96. The Kier molecular flexibility index (Phi) is 3.83. The standard InChI is InChI=1S/C15H15ClN4O3/c1-18-12-11(13(22)19(2)15(18)23)20(14(16)17-12)8-10(21)9-6-4-3-5-7-9/h3-7,10,21H,8H2,1-2H3/t10-/m0/s1. The topological polar surface area (TPSA) is 82.0 Å². The fourth-order valence-corrected chi connectivity index (χ4v) is 2.77. The fourth-order valence-electron chi connectivity index (χ4n) is 2.54. The zero-order valence-corrected chi connectivity index (χ0v) is 13.4. The van der Waals surface area contributed by atoms with Crippen molar-refractivity contribution in [1.29, 1.82) is 0 Å². The number of aromatic nitrogens is 4. The summed E-state index contributed by atoms with van der Waals surface area (Å²) in [5.41, 5.74) is 0.111. The third-order valence-corrected chi connectivity index (χ3v) is 4.13. The minimum Gasteiger partial charge on any atom is -0.387 e. The number of aliphatic hydroxyl groups excluding tert-OH is 1. The molecule has 120 valence electrons. The van der Waals surface area contributed by atoms with Crippen LogP contribution in [0.4, 0.5) is 0 Å². The van der Waals surface area contributed by atoms with Gasteiger partial charge >= 0.3 is 5.69 Å². The van der Waals surface area contributed by atoms with Crippen molar-refractivity contribution < 1.29 is 5.11 Å². The highest BCUT2D eigenvalue weighted by Gasteiger charge is 2.20. The van der Waals surface area contributed by atoms with Crippen molar-refractivity contribution in [2.75, 3.05) is 0 Å². The third-order valence-electron chi connectivity index (χ3n) is 3.84. The highest BCUT2D eigenvalue weighted by Crippen LogP contribution is 2.21. The predicted octanol–water partition coefficient (Wildman–Crippen LogP) is 0.821. The lowest BCUT2D eigenvalue weighted by molar-refractivity contribution is 0.158. The molecule has 0 fully saturated rings.